The van der Waals surface area contributed by atoms with Gasteiger partial charge in [-0.25, -0.2) is 0 Å². The van der Waals surface area contributed by atoms with Gasteiger partial charge >= 0.3 is 0 Å². The highest BCUT2D eigenvalue weighted by molar-refractivity contribution is 7.08. The second-order valence-electron chi connectivity index (χ2n) is 6.26. The lowest BCUT2D eigenvalue weighted by atomic mass is 10.1. The normalized spacial score (nSPS) is 20.8. The van der Waals surface area contributed by atoms with Crippen molar-refractivity contribution in [2.24, 2.45) is 0 Å². The van der Waals surface area contributed by atoms with Crippen LogP contribution in [0.1, 0.15) is 27.9 Å². The zero-order chi connectivity index (χ0) is 15.8. The number of hydrogen-bond acceptors (Lipinski definition) is 3. The zero-order valence-electron chi connectivity index (χ0n) is 12.7. The lowest BCUT2D eigenvalue weighted by molar-refractivity contribution is -0.129. The minimum Gasteiger partial charge on any atom is -0.347 e. The van der Waals surface area contributed by atoms with E-state index in [1.54, 1.807) is 0 Å². The largest absolute Gasteiger partial charge is 0.347 e. The number of hydrogen-bond donors (Lipinski definition) is 1. The molecule has 2 aliphatic rings. The van der Waals surface area contributed by atoms with Gasteiger partial charge in [0.1, 0.15) is 0 Å². The van der Waals surface area contributed by atoms with Crippen LogP contribution in [-0.4, -0.2) is 35.3 Å². The summed E-state index contributed by atoms with van der Waals surface area (Å²) in [5.74, 6) is 0.0685. The van der Waals surface area contributed by atoms with Crippen LogP contribution in [0.2, 0.25) is 0 Å². The summed E-state index contributed by atoms with van der Waals surface area (Å²) in [6.45, 7) is 0.618. The second kappa shape index (κ2) is 5.81. The van der Waals surface area contributed by atoms with Crippen LogP contribution < -0.4 is 5.32 Å². The van der Waals surface area contributed by atoms with Crippen LogP contribution in [0.25, 0.3) is 0 Å². The van der Waals surface area contributed by atoms with E-state index in [4.69, 9.17) is 0 Å². The first-order valence-corrected chi connectivity index (χ1v) is 8.84. The van der Waals surface area contributed by atoms with E-state index in [1.165, 1.54) is 22.5 Å². The van der Waals surface area contributed by atoms with Crippen LogP contribution in [0.5, 0.6) is 0 Å². The lowest BCUT2D eigenvalue weighted by Gasteiger charge is -2.24. The number of carbonyl (C=O) groups excluding carboxylic acids is 2. The van der Waals surface area contributed by atoms with Crippen molar-refractivity contribution in [3.8, 4) is 0 Å². The highest BCUT2D eigenvalue weighted by Gasteiger charge is 2.37. The second-order valence-corrected chi connectivity index (χ2v) is 7.04. The zero-order valence-corrected chi connectivity index (χ0v) is 13.5. The molecule has 2 amide bonds. The smallest absolute Gasteiger partial charge is 0.252 e. The van der Waals surface area contributed by atoms with Gasteiger partial charge in [-0.15, -0.1) is 0 Å². The van der Waals surface area contributed by atoms with Crippen molar-refractivity contribution in [3.63, 3.8) is 0 Å². The van der Waals surface area contributed by atoms with Crippen molar-refractivity contribution in [3.05, 3.63) is 57.8 Å². The van der Waals surface area contributed by atoms with Crippen molar-refractivity contribution in [1.82, 2.24) is 10.2 Å². The summed E-state index contributed by atoms with van der Waals surface area (Å²) < 4.78 is 0. The number of nitrogens with zero attached hydrogens (tertiary/aromatic N) is 1. The van der Waals surface area contributed by atoms with E-state index < -0.39 is 0 Å². The highest BCUT2D eigenvalue weighted by atomic mass is 32.1. The SMILES string of the molecule is O=C(NC1CC(=O)N(C2Cc3ccccc3C2)C1)c1ccsc1. The predicted octanol–water partition coefficient (Wildman–Crippen LogP) is 2.25. The number of rotatable bonds is 3. The maximum absolute atomic E-state index is 12.4. The Hall–Kier alpha value is -2.14. The summed E-state index contributed by atoms with van der Waals surface area (Å²) in [5.41, 5.74) is 3.36. The fourth-order valence-corrected chi connectivity index (χ4v) is 4.24. The molecule has 0 radical (unpaired) electrons. The number of benzene rings is 1. The van der Waals surface area contributed by atoms with Crippen LogP contribution >= 0.6 is 11.3 Å². The molecular weight excluding hydrogens is 308 g/mol. The molecule has 0 spiro atoms. The first-order chi connectivity index (χ1) is 11.2. The summed E-state index contributed by atoms with van der Waals surface area (Å²) >= 11 is 1.50. The average molecular weight is 326 g/mol. The van der Waals surface area contributed by atoms with Crippen LogP contribution in [-0.2, 0) is 17.6 Å². The van der Waals surface area contributed by atoms with Crippen LogP contribution in [0, 0.1) is 0 Å². The van der Waals surface area contributed by atoms with Crippen LogP contribution in [0.3, 0.4) is 0 Å². The van der Waals surface area contributed by atoms with Gasteiger partial charge in [-0.3, -0.25) is 9.59 Å². The quantitative estimate of drug-likeness (QED) is 0.940. The Morgan fingerprint density at radius 1 is 1.13 bits per heavy atom. The minimum atomic E-state index is -0.0846. The first-order valence-electron chi connectivity index (χ1n) is 7.90. The van der Waals surface area contributed by atoms with Crippen LogP contribution in [0.4, 0.5) is 0 Å². The van der Waals surface area contributed by atoms with Crippen LogP contribution in [0.15, 0.2) is 41.1 Å². The van der Waals surface area contributed by atoms with E-state index >= 15 is 0 Å². The Morgan fingerprint density at radius 2 is 1.87 bits per heavy atom. The van der Waals surface area contributed by atoms with E-state index in [-0.39, 0.29) is 23.9 Å². The van der Waals surface area contributed by atoms with E-state index in [0.29, 0.717) is 18.5 Å². The van der Waals surface area contributed by atoms with Gasteiger partial charge in [-0.1, -0.05) is 24.3 Å². The summed E-state index contributed by atoms with van der Waals surface area (Å²) in [6, 6.07) is 10.4. The third-order valence-corrected chi connectivity index (χ3v) is 5.43. The molecule has 23 heavy (non-hydrogen) atoms. The Kier molecular flexibility index (Phi) is 3.65. The number of likely N-dealkylation sites (tertiary alicyclic amines) is 1. The molecular formula is C18H18N2O2S. The Morgan fingerprint density at radius 3 is 2.52 bits per heavy atom. The van der Waals surface area contributed by atoms with Crippen molar-refractivity contribution in [1.29, 1.82) is 0 Å². The van der Waals surface area contributed by atoms with E-state index in [1.807, 2.05) is 21.7 Å². The molecule has 118 valence electrons. The molecule has 1 fully saturated rings. The molecule has 4 nitrogen and oxygen atoms in total. The van der Waals surface area contributed by atoms with Crippen molar-refractivity contribution in [2.75, 3.05) is 6.54 Å². The lowest BCUT2D eigenvalue weighted by Crippen LogP contribution is -2.41. The molecule has 1 saturated heterocycles. The van der Waals surface area contributed by atoms with E-state index in [9.17, 15) is 9.59 Å². The van der Waals surface area contributed by atoms with Gasteiger partial charge in [-0.2, -0.15) is 11.3 Å². The van der Waals surface area contributed by atoms with Gasteiger partial charge in [0.15, 0.2) is 0 Å². The summed E-state index contributed by atoms with van der Waals surface area (Å²) in [5, 5.41) is 6.71. The maximum atomic E-state index is 12.4. The Balaban J connectivity index is 1.41. The molecule has 1 aromatic heterocycles. The standard InChI is InChI=1S/C18H18N2O2S/c21-17-9-15(19-18(22)14-5-6-23-11-14)10-20(17)16-7-12-3-1-2-4-13(12)8-16/h1-6,11,15-16H,7-10H2,(H,19,22). The number of thiophene rings is 1. The van der Waals surface area contributed by atoms with Gasteiger partial charge < -0.3 is 10.2 Å². The Bertz CT molecular complexity index is 716. The summed E-state index contributed by atoms with van der Waals surface area (Å²) in [4.78, 5) is 26.5. The van der Waals surface area contributed by atoms with Gasteiger partial charge in [-0.05, 0) is 35.4 Å². The minimum absolute atomic E-state index is 0.0828. The molecule has 1 atom stereocenters. The summed E-state index contributed by atoms with van der Waals surface area (Å²) in [7, 11) is 0. The van der Waals surface area contributed by atoms with Crippen molar-refractivity contribution < 1.29 is 9.59 Å². The first kappa shape index (κ1) is 14.5. The fraction of sp³-hybridized carbons (Fsp3) is 0.333. The third-order valence-electron chi connectivity index (χ3n) is 4.75. The van der Waals surface area contributed by atoms with Crippen molar-refractivity contribution in [2.45, 2.75) is 31.3 Å². The molecule has 2 aromatic rings. The Labute approximate surface area is 139 Å². The summed E-state index contributed by atoms with van der Waals surface area (Å²) in [6.07, 6.45) is 2.25. The van der Waals surface area contributed by atoms with Gasteiger partial charge in [0.25, 0.3) is 5.91 Å². The number of amides is 2. The number of carbonyl (C=O) groups is 2. The van der Waals surface area contributed by atoms with Crippen molar-refractivity contribution >= 4 is 23.2 Å². The molecule has 1 N–H and O–H groups in total. The third kappa shape index (κ3) is 2.77. The molecule has 1 aliphatic carbocycles. The maximum Gasteiger partial charge on any atom is 0.252 e. The highest BCUT2D eigenvalue weighted by Crippen LogP contribution is 2.28. The molecule has 5 heteroatoms. The molecule has 2 heterocycles. The van der Waals surface area contributed by atoms with Gasteiger partial charge in [0, 0.05) is 30.0 Å². The average Bonchev–Trinajstić information content (AvgIpc) is 3.25. The number of fused-ring (bicyclic) bond motifs is 1. The van der Waals surface area contributed by atoms with E-state index in [0.717, 1.165) is 12.8 Å². The molecule has 4 rings (SSSR count). The molecule has 1 aliphatic heterocycles. The van der Waals surface area contributed by atoms with Gasteiger partial charge in [0.05, 0.1) is 6.04 Å². The topological polar surface area (TPSA) is 49.4 Å². The number of nitrogens with one attached hydrogen (secondary N) is 1. The predicted molar refractivity (Wildman–Crippen MR) is 89.5 cm³/mol. The fourth-order valence-electron chi connectivity index (χ4n) is 3.60. The molecule has 1 aromatic carbocycles. The monoisotopic (exact) mass is 326 g/mol. The molecule has 1 unspecified atom stereocenters. The molecule has 0 saturated carbocycles. The van der Waals surface area contributed by atoms with Gasteiger partial charge in [0.2, 0.25) is 5.91 Å². The van der Waals surface area contributed by atoms with E-state index in [2.05, 4.69) is 29.6 Å². The molecule has 0 bridgehead atoms.